The highest BCUT2D eigenvalue weighted by Crippen LogP contribution is 2.33. The van der Waals surface area contributed by atoms with Crippen molar-refractivity contribution in [3.63, 3.8) is 0 Å². The molecule has 0 amide bonds. The Bertz CT molecular complexity index is 540. The lowest BCUT2D eigenvalue weighted by Gasteiger charge is -2.02. The number of hydrogen-bond donors (Lipinski definition) is 1. The molecule has 0 spiro atoms. The van der Waals surface area contributed by atoms with Gasteiger partial charge in [-0.1, -0.05) is 17.7 Å². The van der Waals surface area contributed by atoms with E-state index in [1.165, 1.54) is 11.3 Å². The Labute approximate surface area is 96.5 Å². The average molecular weight is 235 g/mol. The summed E-state index contributed by atoms with van der Waals surface area (Å²) in [6, 6.07) is 11.1. The van der Waals surface area contributed by atoms with Gasteiger partial charge in [-0.25, -0.2) is 0 Å². The first-order chi connectivity index (χ1) is 7.20. The van der Waals surface area contributed by atoms with Crippen molar-refractivity contribution in [1.82, 2.24) is 0 Å². The van der Waals surface area contributed by atoms with E-state index in [2.05, 4.69) is 6.07 Å². The maximum absolute atomic E-state index is 8.72. The van der Waals surface area contributed by atoms with Crippen molar-refractivity contribution in [2.24, 2.45) is 0 Å². The lowest BCUT2D eigenvalue weighted by Crippen LogP contribution is -1.87. The topological polar surface area (TPSA) is 49.8 Å². The molecule has 1 heterocycles. The van der Waals surface area contributed by atoms with Gasteiger partial charge in [0.1, 0.15) is 10.9 Å². The van der Waals surface area contributed by atoms with Crippen LogP contribution in [0.1, 0.15) is 4.88 Å². The Morgan fingerprint density at radius 1 is 1.27 bits per heavy atom. The summed E-state index contributed by atoms with van der Waals surface area (Å²) in [5, 5.41) is 9.34. The molecule has 0 radical (unpaired) electrons. The zero-order valence-electron chi connectivity index (χ0n) is 7.70. The normalized spacial score (nSPS) is 9.87. The first-order valence-corrected chi connectivity index (χ1v) is 5.45. The van der Waals surface area contributed by atoms with Crippen LogP contribution in [0.4, 0.5) is 5.69 Å². The SMILES string of the molecule is N#Cc1ccc(-c2ccc(Cl)cc2N)s1. The molecule has 0 atom stereocenters. The molecule has 0 saturated carbocycles. The predicted molar refractivity (Wildman–Crippen MR) is 63.9 cm³/mol. The first kappa shape index (κ1) is 10.0. The minimum absolute atomic E-state index is 0.619. The molecule has 0 unspecified atom stereocenters. The monoisotopic (exact) mass is 234 g/mol. The molecule has 2 aromatic rings. The number of nitriles is 1. The van der Waals surface area contributed by atoms with Gasteiger partial charge in [-0.15, -0.1) is 11.3 Å². The molecular formula is C11H7ClN2S. The van der Waals surface area contributed by atoms with Crippen molar-refractivity contribution in [2.45, 2.75) is 0 Å². The van der Waals surface area contributed by atoms with Crippen LogP contribution in [0.25, 0.3) is 10.4 Å². The smallest absolute Gasteiger partial charge is 0.110 e. The van der Waals surface area contributed by atoms with Crippen LogP contribution in [0.2, 0.25) is 5.02 Å². The Morgan fingerprint density at radius 3 is 2.67 bits per heavy atom. The van der Waals surface area contributed by atoms with Gasteiger partial charge in [-0.05, 0) is 24.3 Å². The molecule has 0 aliphatic rings. The van der Waals surface area contributed by atoms with Crippen LogP contribution in [0.15, 0.2) is 30.3 Å². The van der Waals surface area contributed by atoms with Crippen LogP contribution in [0.5, 0.6) is 0 Å². The van der Waals surface area contributed by atoms with Crippen molar-refractivity contribution in [3.8, 4) is 16.5 Å². The Morgan fingerprint density at radius 2 is 2.07 bits per heavy atom. The van der Waals surface area contributed by atoms with Crippen molar-refractivity contribution >= 4 is 28.6 Å². The zero-order valence-corrected chi connectivity index (χ0v) is 9.27. The molecule has 0 bridgehead atoms. The van der Waals surface area contributed by atoms with Gasteiger partial charge >= 0.3 is 0 Å². The summed E-state index contributed by atoms with van der Waals surface area (Å²) >= 11 is 7.23. The highest BCUT2D eigenvalue weighted by atomic mass is 35.5. The van der Waals surface area contributed by atoms with E-state index < -0.39 is 0 Å². The van der Waals surface area contributed by atoms with Crippen molar-refractivity contribution in [1.29, 1.82) is 5.26 Å². The van der Waals surface area contributed by atoms with E-state index in [0.717, 1.165) is 10.4 Å². The molecule has 0 saturated heterocycles. The fourth-order valence-electron chi connectivity index (χ4n) is 1.30. The number of anilines is 1. The number of nitrogen functional groups attached to an aromatic ring is 1. The van der Waals surface area contributed by atoms with Crippen molar-refractivity contribution in [2.75, 3.05) is 5.73 Å². The van der Waals surface area contributed by atoms with Gasteiger partial charge < -0.3 is 5.73 Å². The van der Waals surface area contributed by atoms with E-state index in [1.807, 2.05) is 12.1 Å². The van der Waals surface area contributed by atoms with Crippen molar-refractivity contribution in [3.05, 3.63) is 40.2 Å². The summed E-state index contributed by atoms with van der Waals surface area (Å²) in [5.74, 6) is 0. The lowest BCUT2D eigenvalue weighted by molar-refractivity contribution is 1.52. The third-order valence-electron chi connectivity index (χ3n) is 2.00. The van der Waals surface area contributed by atoms with Crippen LogP contribution in [0, 0.1) is 11.3 Å². The second-order valence-corrected chi connectivity index (χ2v) is 4.53. The number of nitrogens with two attached hydrogens (primary N) is 1. The molecule has 2 N–H and O–H groups in total. The van der Waals surface area contributed by atoms with Crippen LogP contribution >= 0.6 is 22.9 Å². The standard InChI is InChI=1S/C11H7ClN2S/c12-7-1-3-9(10(14)5-7)11-4-2-8(6-13)15-11/h1-5H,14H2. The van der Waals surface area contributed by atoms with Gasteiger partial charge in [0.15, 0.2) is 0 Å². The minimum Gasteiger partial charge on any atom is -0.398 e. The molecule has 2 rings (SSSR count). The van der Waals surface area contributed by atoms with E-state index in [9.17, 15) is 0 Å². The van der Waals surface area contributed by atoms with E-state index in [4.69, 9.17) is 22.6 Å². The Kier molecular flexibility index (Phi) is 2.63. The average Bonchev–Trinajstić information content (AvgIpc) is 2.66. The molecule has 0 aliphatic carbocycles. The number of hydrogen-bond acceptors (Lipinski definition) is 3. The lowest BCUT2D eigenvalue weighted by atomic mass is 10.1. The van der Waals surface area contributed by atoms with Gasteiger partial charge in [0.25, 0.3) is 0 Å². The third kappa shape index (κ3) is 1.96. The van der Waals surface area contributed by atoms with Gasteiger partial charge in [0.05, 0.1) is 0 Å². The summed E-state index contributed by atoms with van der Waals surface area (Å²) in [4.78, 5) is 1.67. The maximum Gasteiger partial charge on any atom is 0.110 e. The highest BCUT2D eigenvalue weighted by molar-refractivity contribution is 7.16. The number of nitrogens with zero attached hydrogens (tertiary/aromatic N) is 1. The predicted octanol–water partition coefficient (Wildman–Crippen LogP) is 3.52. The quantitative estimate of drug-likeness (QED) is 0.768. The number of thiophene rings is 1. The van der Waals surface area contributed by atoms with Crippen LogP contribution < -0.4 is 5.73 Å². The molecule has 2 nitrogen and oxygen atoms in total. The van der Waals surface area contributed by atoms with E-state index in [1.54, 1.807) is 18.2 Å². The molecule has 0 aliphatic heterocycles. The second-order valence-electron chi connectivity index (χ2n) is 3.01. The summed E-state index contributed by atoms with van der Waals surface area (Å²) in [6.07, 6.45) is 0. The van der Waals surface area contributed by atoms with E-state index in [0.29, 0.717) is 15.6 Å². The summed E-state index contributed by atoms with van der Waals surface area (Å²) in [7, 11) is 0. The summed E-state index contributed by atoms with van der Waals surface area (Å²) < 4.78 is 0. The van der Waals surface area contributed by atoms with E-state index in [-0.39, 0.29) is 0 Å². The molecule has 1 aromatic heterocycles. The molecule has 1 aromatic carbocycles. The van der Waals surface area contributed by atoms with E-state index >= 15 is 0 Å². The maximum atomic E-state index is 8.72. The number of halogens is 1. The van der Waals surface area contributed by atoms with Crippen molar-refractivity contribution < 1.29 is 0 Å². The second kappa shape index (κ2) is 3.93. The van der Waals surface area contributed by atoms with Crippen LogP contribution in [-0.4, -0.2) is 0 Å². The number of benzene rings is 1. The number of rotatable bonds is 1. The Balaban J connectivity index is 2.50. The highest BCUT2D eigenvalue weighted by Gasteiger charge is 2.06. The fraction of sp³-hybridized carbons (Fsp3) is 0. The first-order valence-electron chi connectivity index (χ1n) is 4.26. The van der Waals surface area contributed by atoms with Gasteiger partial charge in [-0.2, -0.15) is 5.26 Å². The van der Waals surface area contributed by atoms with Gasteiger partial charge in [0.2, 0.25) is 0 Å². The van der Waals surface area contributed by atoms with Crippen LogP contribution in [-0.2, 0) is 0 Å². The molecular weight excluding hydrogens is 228 g/mol. The molecule has 15 heavy (non-hydrogen) atoms. The zero-order chi connectivity index (χ0) is 10.8. The van der Waals surface area contributed by atoms with Gasteiger partial charge in [0, 0.05) is 21.2 Å². The third-order valence-corrected chi connectivity index (χ3v) is 3.25. The summed E-state index contributed by atoms with van der Waals surface area (Å²) in [5.41, 5.74) is 7.40. The summed E-state index contributed by atoms with van der Waals surface area (Å²) in [6.45, 7) is 0. The molecule has 74 valence electrons. The molecule has 0 fully saturated rings. The Hall–Kier alpha value is -1.50. The minimum atomic E-state index is 0.619. The largest absolute Gasteiger partial charge is 0.398 e. The van der Waals surface area contributed by atoms with Gasteiger partial charge in [-0.3, -0.25) is 0 Å². The fourth-order valence-corrected chi connectivity index (χ4v) is 2.33. The van der Waals surface area contributed by atoms with Crippen LogP contribution in [0.3, 0.4) is 0 Å². The molecule has 4 heteroatoms.